The molecule has 1 saturated heterocycles. The van der Waals surface area contributed by atoms with Crippen LogP contribution < -0.4 is 4.74 Å². The van der Waals surface area contributed by atoms with E-state index in [0.29, 0.717) is 44.5 Å². The number of amides is 1. The van der Waals surface area contributed by atoms with Crippen molar-refractivity contribution >= 4 is 52.3 Å². The second-order valence-electron chi connectivity index (χ2n) is 7.85. The highest BCUT2D eigenvalue weighted by molar-refractivity contribution is 6.42. The van der Waals surface area contributed by atoms with Crippen LogP contribution in [0.2, 0.25) is 20.1 Å². The lowest BCUT2D eigenvalue weighted by molar-refractivity contribution is 0.0628. The molecule has 1 heterocycles. The van der Waals surface area contributed by atoms with E-state index in [0.717, 1.165) is 30.8 Å². The van der Waals surface area contributed by atoms with Gasteiger partial charge in [-0.25, -0.2) is 0 Å². The molecule has 0 unspecified atom stereocenters. The van der Waals surface area contributed by atoms with E-state index in [-0.39, 0.29) is 12.5 Å². The molecule has 3 aromatic carbocycles. The van der Waals surface area contributed by atoms with Crippen LogP contribution in [0.1, 0.15) is 21.5 Å². The lowest BCUT2D eigenvalue weighted by atomic mass is 10.1. The minimum absolute atomic E-state index is 0.0156. The molecule has 33 heavy (non-hydrogen) atoms. The van der Waals surface area contributed by atoms with Gasteiger partial charge >= 0.3 is 0 Å². The van der Waals surface area contributed by atoms with Crippen LogP contribution >= 0.6 is 46.4 Å². The molecule has 1 fully saturated rings. The first-order valence-corrected chi connectivity index (χ1v) is 12.0. The van der Waals surface area contributed by atoms with Gasteiger partial charge in [-0.3, -0.25) is 9.69 Å². The van der Waals surface area contributed by atoms with Crippen molar-refractivity contribution < 1.29 is 9.53 Å². The summed E-state index contributed by atoms with van der Waals surface area (Å²) in [4.78, 5) is 17.2. The highest BCUT2D eigenvalue weighted by atomic mass is 35.5. The summed E-state index contributed by atoms with van der Waals surface area (Å²) in [6.07, 6.45) is 0. The van der Waals surface area contributed by atoms with E-state index in [1.165, 1.54) is 0 Å². The van der Waals surface area contributed by atoms with Gasteiger partial charge in [-0.05, 0) is 47.5 Å². The summed E-state index contributed by atoms with van der Waals surface area (Å²) in [6.45, 7) is 3.89. The molecule has 8 heteroatoms. The van der Waals surface area contributed by atoms with Gasteiger partial charge in [-0.2, -0.15) is 0 Å². The Morgan fingerprint density at radius 1 is 0.848 bits per heavy atom. The molecule has 1 aliphatic rings. The molecule has 4 rings (SSSR count). The fraction of sp³-hybridized carbons (Fsp3) is 0.240. The minimum Gasteiger partial charge on any atom is -0.487 e. The normalized spacial score (nSPS) is 14.4. The number of benzene rings is 3. The predicted octanol–water partition coefficient (Wildman–Crippen LogP) is 6.84. The summed E-state index contributed by atoms with van der Waals surface area (Å²) in [6, 6.07) is 18.3. The molecule has 0 spiro atoms. The van der Waals surface area contributed by atoms with Crippen LogP contribution in [-0.2, 0) is 13.2 Å². The van der Waals surface area contributed by atoms with Crippen molar-refractivity contribution in [1.29, 1.82) is 0 Å². The fourth-order valence-corrected chi connectivity index (χ4v) is 4.55. The number of nitrogens with zero attached hydrogens (tertiary/aromatic N) is 2. The van der Waals surface area contributed by atoms with Crippen LogP contribution in [0, 0.1) is 0 Å². The molecule has 0 bridgehead atoms. The SMILES string of the molecule is O=C(c1cccc(COc2cccc(Cl)c2Cl)c1)N1CCN(Cc2ccc(Cl)cc2Cl)CC1. The largest absolute Gasteiger partial charge is 0.487 e. The third kappa shape index (κ3) is 6.14. The maximum atomic E-state index is 13.1. The van der Waals surface area contributed by atoms with Crippen LogP contribution in [0.15, 0.2) is 60.7 Å². The number of carbonyl (C=O) groups excluding carboxylic acids is 1. The molecular formula is C25H22Cl4N2O2. The molecule has 4 nitrogen and oxygen atoms in total. The zero-order chi connectivity index (χ0) is 23.4. The zero-order valence-electron chi connectivity index (χ0n) is 17.7. The van der Waals surface area contributed by atoms with E-state index >= 15 is 0 Å². The molecule has 3 aromatic rings. The van der Waals surface area contributed by atoms with Crippen LogP contribution in [0.3, 0.4) is 0 Å². The summed E-state index contributed by atoms with van der Waals surface area (Å²) in [5, 5.41) is 2.11. The van der Waals surface area contributed by atoms with Gasteiger partial charge in [0.1, 0.15) is 17.4 Å². The Morgan fingerprint density at radius 2 is 1.61 bits per heavy atom. The van der Waals surface area contributed by atoms with E-state index in [1.807, 2.05) is 41.3 Å². The number of piperazine rings is 1. The molecular weight excluding hydrogens is 502 g/mol. The molecule has 1 aliphatic heterocycles. The van der Waals surface area contributed by atoms with Crippen molar-refractivity contribution in [2.24, 2.45) is 0 Å². The second kappa shape index (κ2) is 11.0. The van der Waals surface area contributed by atoms with Crippen LogP contribution in [0.5, 0.6) is 5.75 Å². The lowest BCUT2D eigenvalue weighted by Crippen LogP contribution is -2.48. The van der Waals surface area contributed by atoms with Crippen molar-refractivity contribution in [1.82, 2.24) is 9.80 Å². The van der Waals surface area contributed by atoms with Crippen molar-refractivity contribution in [3.63, 3.8) is 0 Å². The Bertz CT molecular complexity index is 1150. The first kappa shape index (κ1) is 24.2. The Morgan fingerprint density at radius 3 is 2.36 bits per heavy atom. The number of hydrogen-bond acceptors (Lipinski definition) is 3. The first-order valence-electron chi connectivity index (χ1n) is 10.5. The smallest absolute Gasteiger partial charge is 0.253 e. The summed E-state index contributed by atoms with van der Waals surface area (Å²) in [5.41, 5.74) is 2.56. The fourth-order valence-electron chi connectivity index (χ4n) is 3.73. The third-order valence-corrected chi connectivity index (χ3v) is 6.94. The summed E-state index contributed by atoms with van der Waals surface area (Å²) < 4.78 is 5.80. The summed E-state index contributed by atoms with van der Waals surface area (Å²) in [7, 11) is 0. The van der Waals surface area contributed by atoms with Gasteiger partial charge < -0.3 is 9.64 Å². The van der Waals surface area contributed by atoms with Gasteiger partial charge in [0.25, 0.3) is 5.91 Å². The highest BCUT2D eigenvalue weighted by Gasteiger charge is 2.23. The molecule has 0 radical (unpaired) electrons. The predicted molar refractivity (Wildman–Crippen MR) is 135 cm³/mol. The molecule has 0 aliphatic carbocycles. The Hall–Kier alpha value is -1.95. The Kier molecular flexibility index (Phi) is 8.05. The van der Waals surface area contributed by atoms with Gasteiger partial charge in [-0.1, -0.05) is 70.7 Å². The summed E-state index contributed by atoms with van der Waals surface area (Å²) >= 11 is 24.5. The van der Waals surface area contributed by atoms with Crippen molar-refractivity contribution in [2.45, 2.75) is 13.2 Å². The van der Waals surface area contributed by atoms with Crippen molar-refractivity contribution in [3.05, 3.63) is 97.4 Å². The topological polar surface area (TPSA) is 32.8 Å². The quantitative estimate of drug-likeness (QED) is 0.354. The zero-order valence-corrected chi connectivity index (χ0v) is 20.8. The van der Waals surface area contributed by atoms with E-state index in [9.17, 15) is 4.79 Å². The van der Waals surface area contributed by atoms with Crippen LogP contribution in [-0.4, -0.2) is 41.9 Å². The number of hydrogen-bond donors (Lipinski definition) is 0. The maximum absolute atomic E-state index is 13.1. The Balaban J connectivity index is 1.33. The number of rotatable bonds is 6. The van der Waals surface area contributed by atoms with Crippen molar-refractivity contribution in [3.8, 4) is 5.75 Å². The van der Waals surface area contributed by atoms with Crippen LogP contribution in [0.25, 0.3) is 0 Å². The van der Waals surface area contributed by atoms with Gasteiger partial charge in [0.15, 0.2) is 0 Å². The standard InChI is InChI=1S/C25H22Cl4N2O2/c26-20-8-7-19(22(28)14-20)15-30-9-11-31(12-10-30)25(32)18-4-1-3-17(13-18)16-33-23-6-2-5-21(27)24(23)29/h1-8,13-14H,9-12,15-16H2. The van der Waals surface area contributed by atoms with E-state index in [4.69, 9.17) is 51.1 Å². The monoisotopic (exact) mass is 522 g/mol. The molecule has 0 atom stereocenters. The third-order valence-electron chi connectivity index (χ3n) is 5.55. The molecule has 0 N–H and O–H groups in total. The number of ether oxygens (including phenoxy) is 1. The Labute approximate surface area is 213 Å². The number of carbonyl (C=O) groups is 1. The van der Waals surface area contributed by atoms with E-state index < -0.39 is 0 Å². The maximum Gasteiger partial charge on any atom is 0.253 e. The van der Waals surface area contributed by atoms with Crippen molar-refractivity contribution in [2.75, 3.05) is 26.2 Å². The second-order valence-corrected chi connectivity index (χ2v) is 9.47. The van der Waals surface area contributed by atoms with Gasteiger partial charge in [0.2, 0.25) is 0 Å². The number of halogens is 4. The van der Waals surface area contributed by atoms with Gasteiger partial charge in [0.05, 0.1) is 5.02 Å². The minimum atomic E-state index is 0.0156. The van der Waals surface area contributed by atoms with E-state index in [2.05, 4.69) is 4.90 Å². The molecule has 0 saturated carbocycles. The highest BCUT2D eigenvalue weighted by Crippen LogP contribution is 2.32. The van der Waals surface area contributed by atoms with Gasteiger partial charge in [0, 0.05) is 48.3 Å². The average molecular weight is 524 g/mol. The van der Waals surface area contributed by atoms with E-state index in [1.54, 1.807) is 24.3 Å². The first-order chi connectivity index (χ1) is 15.9. The van der Waals surface area contributed by atoms with Crippen LogP contribution in [0.4, 0.5) is 0 Å². The lowest BCUT2D eigenvalue weighted by Gasteiger charge is -2.35. The molecule has 1 amide bonds. The average Bonchev–Trinajstić information content (AvgIpc) is 2.82. The molecule has 0 aromatic heterocycles. The van der Waals surface area contributed by atoms with Gasteiger partial charge in [-0.15, -0.1) is 0 Å². The molecule has 172 valence electrons. The summed E-state index contributed by atoms with van der Waals surface area (Å²) in [5.74, 6) is 0.527.